The largest absolute Gasteiger partial charge is 0.369 e. The second-order valence-corrected chi connectivity index (χ2v) is 6.40. The van der Waals surface area contributed by atoms with E-state index in [9.17, 15) is 0 Å². The first kappa shape index (κ1) is 15.7. The number of rotatable bonds is 7. The van der Waals surface area contributed by atoms with Gasteiger partial charge in [0, 0.05) is 31.6 Å². The third kappa shape index (κ3) is 4.70. The van der Waals surface area contributed by atoms with Crippen LogP contribution in [0.4, 0.5) is 5.82 Å². The monoisotopic (exact) mass is 340 g/mol. The predicted octanol–water partition coefficient (Wildman–Crippen LogP) is 3.48. The zero-order valence-electron chi connectivity index (χ0n) is 12.5. The molecule has 2 rings (SSSR count). The van der Waals surface area contributed by atoms with Gasteiger partial charge in [0.15, 0.2) is 0 Å². The molecule has 0 spiro atoms. The lowest BCUT2D eigenvalue weighted by Gasteiger charge is -2.24. The van der Waals surface area contributed by atoms with Crippen LogP contribution in [0, 0.1) is 0 Å². The molecule has 0 radical (unpaired) electrons. The van der Waals surface area contributed by atoms with Crippen molar-refractivity contribution in [3.63, 3.8) is 0 Å². The van der Waals surface area contributed by atoms with Crippen LogP contribution in [0.3, 0.4) is 0 Å². The minimum absolute atomic E-state index is 0.782. The van der Waals surface area contributed by atoms with Gasteiger partial charge < -0.3 is 10.2 Å². The Kier molecular flexibility index (Phi) is 6.23. The molecular weight excluding hydrogens is 316 g/mol. The molecule has 1 aromatic rings. The quantitative estimate of drug-likeness (QED) is 0.771. The average Bonchev–Trinajstić information content (AvgIpc) is 2.92. The Morgan fingerprint density at radius 1 is 1.35 bits per heavy atom. The van der Waals surface area contributed by atoms with Crippen molar-refractivity contribution in [3.05, 3.63) is 16.5 Å². The van der Waals surface area contributed by atoms with E-state index in [4.69, 9.17) is 0 Å². The molecule has 1 aliphatic carbocycles. The van der Waals surface area contributed by atoms with Crippen molar-refractivity contribution in [2.24, 2.45) is 0 Å². The number of hydrogen-bond acceptors (Lipinski definition) is 4. The Labute approximate surface area is 130 Å². The fourth-order valence-corrected chi connectivity index (χ4v) is 3.20. The van der Waals surface area contributed by atoms with Gasteiger partial charge in [-0.25, -0.2) is 9.97 Å². The van der Waals surface area contributed by atoms with E-state index in [0.29, 0.717) is 0 Å². The molecule has 1 heterocycles. The van der Waals surface area contributed by atoms with Gasteiger partial charge in [-0.2, -0.15) is 0 Å². The molecule has 4 nitrogen and oxygen atoms in total. The molecule has 0 aromatic carbocycles. The Bertz CT molecular complexity index is 418. The number of likely N-dealkylation sites (N-methyl/N-ethyl adjacent to an activating group) is 1. The van der Waals surface area contributed by atoms with Crippen molar-refractivity contribution in [2.45, 2.75) is 51.5 Å². The topological polar surface area (TPSA) is 41.1 Å². The molecule has 20 heavy (non-hydrogen) atoms. The van der Waals surface area contributed by atoms with Crippen LogP contribution in [0.15, 0.2) is 10.7 Å². The average molecular weight is 341 g/mol. The second kappa shape index (κ2) is 7.93. The third-order valence-corrected chi connectivity index (χ3v) is 4.34. The highest BCUT2D eigenvalue weighted by molar-refractivity contribution is 9.10. The van der Waals surface area contributed by atoms with Crippen molar-refractivity contribution >= 4 is 21.7 Å². The van der Waals surface area contributed by atoms with Crippen LogP contribution >= 0.6 is 15.9 Å². The minimum Gasteiger partial charge on any atom is -0.369 e. The smallest absolute Gasteiger partial charge is 0.132 e. The number of anilines is 1. The van der Waals surface area contributed by atoms with Crippen LogP contribution in [0.2, 0.25) is 0 Å². The van der Waals surface area contributed by atoms with Gasteiger partial charge in [-0.1, -0.05) is 19.8 Å². The number of aryl methyl sites for hydroxylation is 1. The summed E-state index contributed by atoms with van der Waals surface area (Å²) in [6.45, 7) is 4.14. The highest BCUT2D eigenvalue weighted by Crippen LogP contribution is 2.22. The van der Waals surface area contributed by atoms with Crippen LogP contribution in [0.1, 0.15) is 44.9 Å². The van der Waals surface area contributed by atoms with E-state index in [2.05, 4.69) is 50.1 Å². The molecule has 1 fully saturated rings. The number of nitrogens with zero attached hydrogens (tertiary/aromatic N) is 3. The molecule has 1 N–H and O–H groups in total. The van der Waals surface area contributed by atoms with E-state index < -0.39 is 0 Å². The molecule has 112 valence electrons. The van der Waals surface area contributed by atoms with Gasteiger partial charge >= 0.3 is 0 Å². The minimum atomic E-state index is 0.782. The number of hydrogen-bond donors (Lipinski definition) is 1. The summed E-state index contributed by atoms with van der Waals surface area (Å²) in [6, 6.07) is 2.74. The number of nitrogens with one attached hydrogen (secondary N) is 1. The molecule has 0 atom stereocenters. The summed E-state index contributed by atoms with van der Waals surface area (Å²) in [7, 11) is 2.23. The molecule has 1 aromatic heterocycles. The van der Waals surface area contributed by atoms with E-state index in [1.807, 2.05) is 6.07 Å². The van der Waals surface area contributed by atoms with E-state index in [1.54, 1.807) is 0 Å². The second-order valence-electron chi connectivity index (χ2n) is 5.59. The Balaban J connectivity index is 1.80. The summed E-state index contributed by atoms with van der Waals surface area (Å²) in [6.07, 6.45) is 7.49. The summed E-state index contributed by atoms with van der Waals surface area (Å²) in [4.78, 5) is 11.4. The van der Waals surface area contributed by atoms with Crippen molar-refractivity contribution in [3.8, 4) is 0 Å². The summed E-state index contributed by atoms with van der Waals surface area (Å²) in [5, 5.41) is 3.42. The highest BCUT2D eigenvalue weighted by Gasteiger charge is 2.18. The van der Waals surface area contributed by atoms with Crippen LogP contribution in [0.5, 0.6) is 0 Å². The predicted molar refractivity (Wildman–Crippen MR) is 87.1 cm³/mol. The summed E-state index contributed by atoms with van der Waals surface area (Å²) in [5.41, 5.74) is 0. The molecular formula is C15H25BrN4. The molecule has 0 saturated heterocycles. The van der Waals surface area contributed by atoms with Crippen molar-refractivity contribution in [2.75, 3.05) is 25.5 Å². The van der Waals surface area contributed by atoms with Crippen LogP contribution in [0.25, 0.3) is 0 Å². The van der Waals surface area contributed by atoms with Crippen LogP contribution in [-0.2, 0) is 6.42 Å². The van der Waals surface area contributed by atoms with Gasteiger partial charge in [-0.05, 0) is 42.2 Å². The number of halogens is 1. The normalized spacial score (nSPS) is 16.0. The molecule has 1 saturated carbocycles. The fraction of sp³-hybridized carbons (Fsp3) is 0.733. The van der Waals surface area contributed by atoms with Crippen molar-refractivity contribution in [1.29, 1.82) is 0 Å². The van der Waals surface area contributed by atoms with E-state index in [-0.39, 0.29) is 0 Å². The van der Waals surface area contributed by atoms with Gasteiger partial charge in [-0.3, -0.25) is 0 Å². The fourth-order valence-electron chi connectivity index (χ4n) is 2.78. The maximum Gasteiger partial charge on any atom is 0.132 e. The first-order valence-corrected chi connectivity index (χ1v) is 8.46. The van der Waals surface area contributed by atoms with Gasteiger partial charge in [0.1, 0.15) is 16.2 Å². The molecule has 0 amide bonds. The lowest BCUT2D eigenvalue weighted by Crippen LogP contribution is -2.33. The molecule has 1 aliphatic rings. The first-order chi connectivity index (χ1) is 9.69. The summed E-state index contributed by atoms with van der Waals surface area (Å²) < 4.78 is 0.864. The Hall–Kier alpha value is -0.680. The van der Waals surface area contributed by atoms with Crippen LogP contribution in [-0.4, -0.2) is 41.0 Å². The lowest BCUT2D eigenvalue weighted by atomic mass is 10.2. The molecule has 5 heteroatoms. The van der Waals surface area contributed by atoms with E-state index in [0.717, 1.165) is 48.2 Å². The van der Waals surface area contributed by atoms with E-state index >= 15 is 0 Å². The molecule has 0 unspecified atom stereocenters. The first-order valence-electron chi connectivity index (χ1n) is 7.66. The van der Waals surface area contributed by atoms with Gasteiger partial charge in [-0.15, -0.1) is 0 Å². The zero-order valence-corrected chi connectivity index (χ0v) is 14.1. The van der Waals surface area contributed by atoms with Gasteiger partial charge in [0.2, 0.25) is 0 Å². The Morgan fingerprint density at radius 2 is 2.10 bits per heavy atom. The highest BCUT2D eigenvalue weighted by atomic mass is 79.9. The lowest BCUT2D eigenvalue weighted by molar-refractivity contribution is 0.254. The third-order valence-electron chi connectivity index (χ3n) is 3.93. The Morgan fingerprint density at radius 3 is 2.80 bits per heavy atom. The SMILES string of the molecule is CCCc1nc(Br)cc(NCCN(C)C2CCCC2)n1. The maximum atomic E-state index is 4.55. The van der Waals surface area contributed by atoms with Crippen molar-refractivity contribution < 1.29 is 0 Å². The van der Waals surface area contributed by atoms with Crippen LogP contribution < -0.4 is 5.32 Å². The zero-order chi connectivity index (χ0) is 14.4. The summed E-state index contributed by atoms with van der Waals surface area (Å²) in [5.74, 6) is 1.84. The standard InChI is InChI=1S/C15H25BrN4/c1-3-6-14-18-13(16)11-15(19-14)17-9-10-20(2)12-7-4-5-8-12/h11-12H,3-10H2,1-2H3,(H,17,18,19). The molecule has 0 bridgehead atoms. The van der Waals surface area contributed by atoms with Gasteiger partial charge in [0.05, 0.1) is 0 Å². The summed E-state index contributed by atoms with van der Waals surface area (Å²) >= 11 is 3.46. The van der Waals surface area contributed by atoms with Crippen molar-refractivity contribution in [1.82, 2.24) is 14.9 Å². The van der Waals surface area contributed by atoms with Gasteiger partial charge in [0.25, 0.3) is 0 Å². The van der Waals surface area contributed by atoms with E-state index in [1.165, 1.54) is 25.7 Å². The maximum absolute atomic E-state index is 4.55. The molecule has 0 aliphatic heterocycles. The number of aromatic nitrogens is 2.